The van der Waals surface area contributed by atoms with Crippen LogP contribution in [0.15, 0.2) is 24.3 Å². The van der Waals surface area contributed by atoms with Crippen LogP contribution in [0.1, 0.15) is 25.3 Å². The quantitative estimate of drug-likeness (QED) is 0.493. The van der Waals surface area contributed by atoms with Gasteiger partial charge < -0.3 is 9.64 Å². The number of carbonyl (C=O) groups excluding carboxylic acids is 2. The first kappa shape index (κ1) is 16.3. The molecule has 2 atom stereocenters. The summed E-state index contributed by atoms with van der Waals surface area (Å²) in [7, 11) is 0. The third kappa shape index (κ3) is 3.98. The highest BCUT2D eigenvalue weighted by Crippen LogP contribution is 2.19. The van der Waals surface area contributed by atoms with Gasteiger partial charge in [-0.25, -0.2) is 5.84 Å². The minimum absolute atomic E-state index is 0.102. The maximum absolute atomic E-state index is 12.5. The summed E-state index contributed by atoms with van der Waals surface area (Å²) in [5, 5.41) is 0. The molecule has 22 heavy (non-hydrogen) atoms. The van der Waals surface area contributed by atoms with Crippen molar-refractivity contribution in [1.29, 1.82) is 0 Å². The number of hydrogen-bond donors (Lipinski definition) is 2. The number of rotatable bonds is 4. The van der Waals surface area contributed by atoms with E-state index in [1.807, 2.05) is 31.2 Å². The molecule has 2 rings (SSSR count). The zero-order chi connectivity index (χ0) is 16.1. The summed E-state index contributed by atoms with van der Waals surface area (Å²) in [6.45, 7) is 4.77. The van der Waals surface area contributed by atoms with Crippen molar-refractivity contribution in [2.24, 2.45) is 11.8 Å². The predicted molar refractivity (Wildman–Crippen MR) is 82.9 cm³/mol. The van der Waals surface area contributed by atoms with Crippen LogP contribution in [-0.2, 0) is 9.59 Å². The smallest absolute Gasteiger partial charge is 0.263 e. The Morgan fingerprint density at radius 3 is 2.68 bits per heavy atom. The van der Waals surface area contributed by atoms with Crippen molar-refractivity contribution in [1.82, 2.24) is 10.3 Å². The van der Waals surface area contributed by atoms with Gasteiger partial charge in [-0.15, -0.1) is 0 Å². The molecule has 0 saturated carbocycles. The fraction of sp³-hybridized carbons (Fsp3) is 0.500. The van der Waals surface area contributed by atoms with Crippen molar-refractivity contribution in [3.63, 3.8) is 0 Å². The van der Waals surface area contributed by atoms with E-state index in [9.17, 15) is 9.59 Å². The van der Waals surface area contributed by atoms with E-state index in [1.54, 1.807) is 11.8 Å². The van der Waals surface area contributed by atoms with E-state index >= 15 is 0 Å². The molecule has 0 aliphatic carbocycles. The molecule has 0 bridgehead atoms. The van der Waals surface area contributed by atoms with E-state index in [4.69, 9.17) is 10.6 Å². The normalized spacial score (nSPS) is 19.4. The summed E-state index contributed by atoms with van der Waals surface area (Å²) in [6.07, 6.45) is 0.962. The molecule has 120 valence electrons. The number of carbonyl (C=O) groups is 2. The van der Waals surface area contributed by atoms with Crippen LogP contribution >= 0.6 is 0 Å². The molecule has 6 nitrogen and oxygen atoms in total. The maximum atomic E-state index is 12.5. The first-order valence-corrected chi connectivity index (χ1v) is 7.54. The van der Waals surface area contributed by atoms with Crippen molar-refractivity contribution in [3.8, 4) is 5.75 Å². The standard InChI is InChI=1S/C16H23N3O3/c1-11-5-7-14(8-6-11)22-12(2)16(21)19-9-3-4-13(10-19)15(20)18-17/h5-8,12-13H,3-4,9-10,17H2,1-2H3,(H,18,20). The maximum Gasteiger partial charge on any atom is 0.263 e. The fourth-order valence-corrected chi connectivity index (χ4v) is 2.64. The average Bonchev–Trinajstić information content (AvgIpc) is 2.55. The number of piperidine rings is 1. The van der Waals surface area contributed by atoms with Crippen molar-refractivity contribution in [2.45, 2.75) is 32.8 Å². The molecule has 0 spiro atoms. The van der Waals surface area contributed by atoms with E-state index in [2.05, 4.69) is 5.43 Å². The van der Waals surface area contributed by atoms with Gasteiger partial charge >= 0.3 is 0 Å². The molecule has 1 aliphatic heterocycles. The Balaban J connectivity index is 1.94. The molecular weight excluding hydrogens is 282 g/mol. The van der Waals surface area contributed by atoms with E-state index < -0.39 is 6.10 Å². The second-order valence-electron chi connectivity index (χ2n) is 5.71. The van der Waals surface area contributed by atoms with Crippen molar-refractivity contribution >= 4 is 11.8 Å². The van der Waals surface area contributed by atoms with Crippen molar-refractivity contribution < 1.29 is 14.3 Å². The van der Waals surface area contributed by atoms with Crippen LogP contribution in [0.25, 0.3) is 0 Å². The van der Waals surface area contributed by atoms with Crippen LogP contribution in [0.4, 0.5) is 0 Å². The van der Waals surface area contributed by atoms with Gasteiger partial charge in [0.25, 0.3) is 5.91 Å². The van der Waals surface area contributed by atoms with E-state index in [0.717, 1.165) is 18.4 Å². The molecule has 1 saturated heterocycles. The third-order valence-corrected chi connectivity index (χ3v) is 3.93. The Kier molecular flexibility index (Phi) is 5.38. The Morgan fingerprint density at radius 2 is 2.05 bits per heavy atom. The number of nitrogens with one attached hydrogen (secondary N) is 1. The number of hydrazine groups is 1. The molecule has 0 aromatic heterocycles. The summed E-state index contributed by atoms with van der Waals surface area (Å²) in [4.78, 5) is 25.8. The van der Waals surface area contributed by atoms with E-state index in [-0.39, 0.29) is 17.7 Å². The second kappa shape index (κ2) is 7.26. The lowest BCUT2D eigenvalue weighted by atomic mass is 9.97. The number of likely N-dealkylation sites (tertiary alicyclic amines) is 1. The number of amides is 2. The van der Waals surface area contributed by atoms with Gasteiger partial charge in [0, 0.05) is 13.1 Å². The van der Waals surface area contributed by atoms with Gasteiger partial charge in [-0.05, 0) is 38.8 Å². The number of nitrogens with two attached hydrogens (primary N) is 1. The lowest BCUT2D eigenvalue weighted by molar-refractivity contribution is -0.141. The number of ether oxygens (including phenoxy) is 1. The van der Waals surface area contributed by atoms with Gasteiger partial charge in [-0.1, -0.05) is 17.7 Å². The Labute approximate surface area is 130 Å². The molecule has 1 fully saturated rings. The minimum atomic E-state index is -0.581. The molecule has 2 amide bonds. The summed E-state index contributed by atoms with van der Waals surface area (Å²) >= 11 is 0. The van der Waals surface area contributed by atoms with Gasteiger partial charge in [0.2, 0.25) is 5.91 Å². The topological polar surface area (TPSA) is 84.7 Å². The molecule has 0 radical (unpaired) electrons. The largest absolute Gasteiger partial charge is 0.481 e. The Bertz CT molecular complexity index is 530. The first-order valence-electron chi connectivity index (χ1n) is 7.54. The van der Waals surface area contributed by atoms with Crippen LogP contribution in [-0.4, -0.2) is 35.9 Å². The van der Waals surface area contributed by atoms with Crippen molar-refractivity contribution in [2.75, 3.05) is 13.1 Å². The van der Waals surface area contributed by atoms with Crippen LogP contribution in [0, 0.1) is 12.8 Å². The highest BCUT2D eigenvalue weighted by Gasteiger charge is 2.30. The summed E-state index contributed by atoms with van der Waals surface area (Å²) in [6, 6.07) is 7.57. The highest BCUT2D eigenvalue weighted by atomic mass is 16.5. The molecule has 1 heterocycles. The van der Waals surface area contributed by atoms with E-state index in [1.165, 1.54) is 0 Å². The molecule has 1 aromatic carbocycles. The second-order valence-corrected chi connectivity index (χ2v) is 5.71. The number of benzene rings is 1. The summed E-state index contributed by atoms with van der Waals surface area (Å²) in [5.74, 6) is 5.28. The van der Waals surface area contributed by atoms with Crippen LogP contribution < -0.4 is 16.0 Å². The number of hydrogen-bond acceptors (Lipinski definition) is 4. The van der Waals surface area contributed by atoms with Crippen LogP contribution in [0.2, 0.25) is 0 Å². The Hall–Kier alpha value is -2.08. The van der Waals surface area contributed by atoms with Gasteiger partial charge in [-0.2, -0.15) is 0 Å². The molecule has 1 aliphatic rings. The lowest BCUT2D eigenvalue weighted by Crippen LogP contribution is -2.50. The number of nitrogens with zero attached hydrogens (tertiary/aromatic N) is 1. The molecule has 6 heteroatoms. The summed E-state index contributed by atoms with van der Waals surface area (Å²) in [5.41, 5.74) is 3.30. The van der Waals surface area contributed by atoms with Crippen molar-refractivity contribution in [3.05, 3.63) is 29.8 Å². The lowest BCUT2D eigenvalue weighted by Gasteiger charge is -2.33. The molecule has 3 N–H and O–H groups in total. The third-order valence-electron chi connectivity index (χ3n) is 3.93. The van der Waals surface area contributed by atoms with Gasteiger partial charge in [-0.3, -0.25) is 15.0 Å². The minimum Gasteiger partial charge on any atom is -0.481 e. The van der Waals surface area contributed by atoms with Crippen LogP contribution in [0.5, 0.6) is 5.75 Å². The predicted octanol–water partition coefficient (Wildman–Crippen LogP) is 0.991. The molecular formula is C16H23N3O3. The zero-order valence-electron chi connectivity index (χ0n) is 13.0. The zero-order valence-corrected chi connectivity index (χ0v) is 13.0. The molecule has 2 unspecified atom stereocenters. The Morgan fingerprint density at radius 1 is 1.36 bits per heavy atom. The SMILES string of the molecule is Cc1ccc(OC(C)C(=O)N2CCCC(C(=O)NN)C2)cc1. The van der Waals surface area contributed by atoms with Crippen LogP contribution in [0.3, 0.4) is 0 Å². The first-order chi connectivity index (χ1) is 10.5. The summed E-state index contributed by atoms with van der Waals surface area (Å²) < 4.78 is 5.69. The highest BCUT2D eigenvalue weighted by molar-refractivity contribution is 5.83. The molecule has 1 aromatic rings. The van der Waals surface area contributed by atoms with Gasteiger partial charge in [0.15, 0.2) is 6.10 Å². The fourth-order valence-electron chi connectivity index (χ4n) is 2.64. The van der Waals surface area contributed by atoms with E-state index in [0.29, 0.717) is 18.8 Å². The van der Waals surface area contributed by atoms with Gasteiger partial charge in [0.1, 0.15) is 5.75 Å². The number of aryl methyl sites for hydroxylation is 1. The van der Waals surface area contributed by atoms with Gasteiger partial charge in [0.05, 0.1) is 5.92 Å². The average molecular weight is 305 g/mol. The monoisotopic (exact) mass is 305 g/mol.